The molecule has 1 aromatic carbocycles. The molecule has 1 nitrogen and oxygen atoms in total. The highest BCUT2D eigenvalue weighted by Crippen LogP contribution is 2.16. The fraction of sp³-hybridized carbons (Fsp3) is 0.417. The molecule has 0 saturated heterocycles. The molecule has 1 aromatic rings. The fourth-order valence-corrected chi connectivity index (χ4v) is 2.23. The quantitative estimate of drug-likeness (QED) is 0.725. The van der Waals surface area contributed by atoms with Gasteiger partial charge in [0.25, 0.3) is 0 Å². The molecule has 1 rings (SSSR count). The first kappa shape index (κ1) is 13.5. The Morgan fingerprint density at radius 1 is 1.50 bits per heavy atom. The van der Waals surface area contributed by atoms with E-state index in [2.05, 4.69) is 6.92 Å². The Morgan fingerprint density at radius 3 is 2.94 bits per heavy atom. The van der Waals surface area contributed by atoms with E-state index in [0.29, 0.717) is 16.3 Å². The van der Waals surface area contributed by atoms with Gasteiger partial charge in [0.15, 0.2) is 0 Å². The summed E-state index contributed by atoms with van der Waals surface area (Å²) in [7, 11) is 0. The zero-order chi connectivity index (χ0) is 12.0. The Kier molecular flexibility index (Phi) is 5.85. The third-order valence-electron chi connectivity index (χ3n) is 2.01. The lowest BCUT2D eigenvalue weighted by Gasteiger charge is -2.03. The average Bonchev–Trinajstić information content (AvgIpc) is 2.24. The maximum absolute atomic E-state index is 13.3. The smallest absolute Gasteiger partial charge is 0.147 e. The van der Waals surface area contributed by atoms with Crippen LogP contribution >= 0.6 is 23.4 Å². The van der Waals surface area contributed by atoms with Gasteiger partial charge in [-0.2, -0.15) is 11.8 Å². The van der Waals surface area contributed by atoms with Crippen LogP contribution in [0, 0.1) is 5.82 Å². The van der Waals surface area contributed by atoms with E-state index in [-0.39, 0.29) is 18.0 Å². The van der Waals surface area contributed by atoms with E-state index in [1.54, 1.807) is 11.8 Å². The van der Waals surface area contributed by atoms with Gasteiger partial charge in [0, 0.05) is 11.4 Å². The topological polar surface area (TPSA) is 17.1 Å². The molecule has 0 amide bonds. The highest BCUT2D eigenvalue weighted by molar-refractivity contribution is 7.99. The monoisotopic (exact) mass is 260 g/mol. The Labute approximate surface area is 104 Å². The molecule has 0 unspecified atom stereocenters. The molecule has 0 fully saturated rings. The molecule has 0 heterocycles. The number of hydrogen-bond donors (Lipinski definition) is 0. The second-order valence-electron chi connectivity index (χ2n) is 3.50. The first-order valence-corrected chi connectivity index (χ1v) is 6.70. The van der Waals surface area contributed by atoms with Crippen LogP contribution in [-0.2, 0) is 11.2 Å². The van der Waals surface area contributed by atoms with Crippen molar-refractivity contribution < 1.29 is 9.18 Å². The van der Waals surface area contributed by atoms with Gasteiger partial charge >= 0.3 is 0 Å². The highest BCUT2D eigenvalue weighted by Gasteiger charge is 2.08. The molecule has 0 aromatic heterocycles. The minimum atomic E-state index is -0.363. The number of Topliss-reactive ketones (excluding diaryl/α,β-unsaturated/α-hetero) is 1. The fourth-order valence-electron chi connectivity index (χ4n) is 1.27. The van der Waals surface area contributed by atoms with Crippen LogP contribution in [0.5, 0.6) is 0 Å². The number of rotatable bonds is 6. The van der Waals surface area contributed by atoms with Gasteiger partial charge in [0.2, 0.25) is 0 Å². The lowest BCUT2D eigenvalue weighted by Crippen LogP contribution is -2.07. The van der Waals surface area contributed by atoms with Gasteiger partial charge in [-0.25, -0.2) is 4.39 Å². The van der Waals surface area contributed by atoms with Crippen molar-refractivity contribution in [1.29, 1.82) is 0 Å². The highest BCUT2D eigenvalue weighted by atomic mass is 35.5. The number of ketones is 1. The van der Waals surface area contributed by atoms with Gasteiger partial charge in [-0.3, -0.25) is 4.79 Å². The van der Waals surface area contributed by atoms with Gasteiger partial charge in [0.05, 0.1) is 5.75 Å². The summed E-state index contributed by atoms with van der Waals surface area (Å²) in [6.45, 7) is 2.06. The lowest BCUT2D eigenvalue weighted by molar-refractivity contribution is -0.116. The van der Waals surface area contributed by atoms with Crippen LogP contribution in [0.2, 0.25) is 5.02 Å². The van der Waals surface area contributed by atoms with E-state index in [1.165, 1.54) is 18.2 Å². The summed E-state index contributed by atoms with van der Waals surface area (Å²) in [6, 6.07) is 4.29. The van der Waals surface area contributed by atoms with E-state index in [0.717, 1.165) is 12.2 Å². The Morgan fingerprint density at radius 2 is 2.25 bits per heavy atom. The van der Waals surface area contributed by atoms with Crippen molar-refractivity contribution in [1.82, 2.24) is 0 Å². The second-order valence-corrected chi connectivity index (χ2v) is 5.05. The van der Waals surface area contributed by atoms with E-state index < -0.39 is 0 Å². The molecule has 88 valence electrons. The van der Waals surface area contributed by atoms with Gasteiger partial charge in [-0.05, 0) is 35.9 Å². The summed E-state index contributed by atoms with van der Waals surface area (Å²) in [6.07, 6.45) is 1.17. The number of thioether (sulfide) groups is 1. The van der Waals surface area contributed by atoms with Crippen molar-refractivity contribution in [2.75, 3.05) is 11.5 Å². The molecule has 16 heavy (non-hydrogen) atoms. The summed E-state index contributed by atoms with van der Waals surface area (Å²) in [5, 5.41) is 0.463. The maximum atomic E-state index is 13.3. The summed E-state index contributed by atoms with van der Waals surface area (Å²) in [5.74, 6) is 1.08. The lowest BCUT2D eigenvalue weighted by atomic mass is 10.1. The second kappa shape index (κ2) is 6.92. The molecule has 0 saturated carbocycles. The normalized spacial score (nSPS) is 10.4. The standard InChI is InChI=1S/C12H14ClFOS/c1-2-5-16-8-11(15)7-9-6-10(13)3-4-12(9)14/h3-4,6H,2,5,7-8H2,1H3. The van der Waals surface area contributed by atoms with E-state index in [4.69, 9.17) is 11.6 Å². The van der Waals surface area contributed by atoms with Crippen molar-refractivity contribution in [2.24, 2.45) is 0 Å². The zero-order valence-electron chi connectivity index (χ0n) is 9.13. The van der Waals surface area contributed by atoms with Crippen LogP contribution in [0.15, 0.2) is 18.2 Å². The summed E-state index contributed by atoms with van der Waals surface area (Å²) in [5.41, 5.74) is 0.384. The van der Waals surface area contributed by atoms with Crippen LogP contribution in [0.4, 0.5) is 4.39 Å². The average molecular weight is 261 g/mol. The first-order valence-electron chi connectivity index (χ1n) is 5.17. The largest absolute Gasteiger partial charge is 0.298 e. The molecule has 0 N–H and O–H groups in total. The van der Waals surface area contributed by atoms with Gasteiger partial charge < -0.3 is 0 Å². The number of benzene rings is 1. The first-order chi connectivity index (χ1) is 7.63. The molecule has 0 aliphatic rings. The molecule has 4 heteroatoms. The third-order valence-corrected chi connectivity index (χ3v) is 3.47. The van der Waals surface area contributed by atoms with Crippen molar-refractivity contribution >= 4 is 29.1 Å². The van der Waals surface area contributed by atoms with Gasteiger partial charge in [-0.15, -0.1) is 0 Å². The van der Waals surface area contributed by atoms with Crippen molar-refractivity contribution in [2.45, 2.75) is 19.8 Å². The molecular formula is C12H14ClFOS. The van der Waals surface area contributed by atoms with Crippen LogP contribution in [-0.4, -0.2) is 17.3 Å². The van der Waals surface area contributed by atoms with Crippen LogP contribution < -0.4 is 0 Å². The molecule has 0 aliphatic heterocycles. The molecular weight excluding hydrogens is 247 g/mol. The number of hydrogen-bond acceptors (Lipinski definition) is 2. The molecule has 0 atom stereocenters. The Bertz CT molecular complexity index is 368. The van der Waals surface area contributed by atoms with Crippen LogP contribution in [0.3, 0.4) is 0 Å². The summed E-state index contributed by atoms with van der Waals surface area (Å²) >= 11 is 7.33. The van der Waals surface area contributed by atoms with E-state index >= 15 is 0 Å². The molecule has 0 aliphatic carbocycles. The van der Waals surface area contributed by atoms with Crippen LogP contribution in [0.1, 0.15) is 18.9 Å². The SMILES string of the molecule is CCCSCC(=O)Cc1cc(Cl)ccc1F. The number of carbonyl (C=O) groups excluding carboxylic acids is 1. The Hall–Kier alpha value is -0.540. The summed E-state index contributed by atoms with van der Waals surface area (Å²) in [4.78, 5) is 11.5. The van der Waals surface area contributed by atoms with E-state index in [1.807, 2.05) is 0 Å². The molecule has 0 spiro atoms. The van der Waals surface area contributed by atoms with Crippen molar-refractivity contribution in [3.8, 4) is 0 Å². The van der Waals surface area contributed by atoms with E-state index in [9.17, 15) is 9.18 Å². The molecule has 0 radical (unpaired) electrons. The number of carbonyl (C=O) groups is 1. The molecule has 0 bridgehead atoms. The predicted octanol–water partition coefficient (Wildman–Crippen LogP) is 3.73. The predicted molar refractivity (Wildman–Crippen MR) is 67.7 cm³/mol. The number of halogens is 2. The third kappa shape index (κ3) is 4.54. The maximum Gasteiger partial charge on any atom is 0.147 e. The van der Waals surface area contributed by atoms with Crippen LogP contribution in [0.25, 0.3) is 0 Å². The van der Waals surface area contributed by atoms with Gasteiger partial charge in [0.1, 0.15) is 11.6 Å². The van der Waals surface area contributed by atoms with Gasteiger partial charge in [-0.1, -0.05) is 18.5 Å². The zero-order valence-corrected chi connectivity index (χ0v) is 10.7. The van der Waals surface area contributed by atoms with Crippen molar-refractivity contribution in [3.63, 3.8) is 0 Å². The minimum absolute atomic E-state index is 0.0413. The minimum Gasteiger partial charge on any atom is -0.298 e. The Balaban J connectivity index is 2.52. The van der Waals surface area contributed by atoms with Crippen molar-refractivity contribution in [3.05, 3.63) is 34.6 Å². The summed E-state index contributed by atoms with van der Waals surface area (Å²) < 4.78 is 13.3.